The molecule has 0 aliphatic heterocycles. The van der Waals surface area contributed by atoms with E-state index >= 15 is 0 Å². The summed E-state index contributed by atoms with van der Waals surface area (Å²) in [6.45, 7) is 1.80. The number of halogens is 1. The third-order valence-corrected chi connectivity index (χ3v) is 6.44. The molecule has 150 valence electrons. The molecule has 0 spiro atoms. The highest BCUT2D eigenvalue weighted by atomic mass is 35.5. The lowest BCUT2D eigenvalue weighted by molar-refractivity contribution is -0.119. The van der Waals surface area contributed by atoms with Crippen molar-refractivity contribution in [3.8, 4) is 0 Å². The Kier molecular flexibility index (Phi) is 6.56. The maximum atomic E-state index is 13.3. The molecule has 0 aliphatic rings. The van der Waals surface area contributed by atoms with Crippen LogP contribution < -0.4 is 9.62 Å². The van der Waals surface area contributed by atoms with Gasteiger partial charge in [-0.05, 0) is 36.8 Å². The Bertz CT molecular complexity index is 1080. The molecule has 0 radical (unpaired) electrons. The van der Waals surface area contributed by atoms with Gasteiger partial charge in [-0.1, -0.05) is 71.8 Å². The van der Waals surface area contributed by atoms with Crippen LogP contribution in [-0.4, -0.2) is 20.9 Å². The predicted molar refractivity (Wildman–Crippen MR) is 115 cm³/mol. The molecule has 0 saturated heterocycles. The van der Waals surface area contributed by atoms with Gasteiger partial charge in [-0.3, -0.25) is 9.10 Å². The first-order valence-corrected chi connectivity index (χ1v) is 10.8. The normalized spacial score (nSPS) is 11.1. The number of benzene rings is 3. The van der Waals surface area contributed by atoms with E-state index < -0.39 is 15.9 Å². The molecule has 0 atom stereocenters. The second kappa shape index (κ2) is 9.11. The molecule has 0 aliphatic carbocycles. The lowest BCUT2D eigenvalue weighted by atomic mass is 10.2. The van der Waals surface area contributed by atoms with E-state index in [1.807, 2.05) is 37.3 Å². The van der Waals surface area contributed by atoms with Crippen molar-refractivity contribution in [1.82, 2.24) is 5.32 Å². The van der Waals surface area contributed by atoms with E-state index in [4.69, 9.17) is 11.6 Å². The topological polar surface area (TPSA) is 66.5 Å². The minimum atomic E-state index is -3.98. The van der Waals surface area contributed by atoms with Crippen molar-refractivity contribution >= 4 is 33.2 Å². The zero-order valence-corrected chi connectivity index (χ0v) is 17.5. The molecule has 3 aromatic rings. The van der Waals surface area contributed by atoms with Crippen LogP contribution in [0.4, 0.5) is 5.69 Å². The third-order valence-electron chi connectivity index (χ3n) is 4.35. The Morgan fingerprint density at radius 2 is 1.55 bits per heavy atom. The molecule has 0 fully saturated rings. The first-order valence-electron chi connectivity index (χ1n) is 9.02. The van der Waals surface area contributed by atoms with E-state index in [2.05, 4.69) is 5.32 Å². The van der Waals surface area contributed by atoms with Crippen LogP contribution in [0, 0.1) is 6.92 Å². The van der Waals surface area contributed by atoms with Crippen LogP contribution in [0.3, 0.4) is 0 Å². The Morgan fingerprint density at radius 3 is 2.21 bits per heavy atom. The van der Waals surface area contributed by atoms with Crippen molar-refractivity contribution in [3.63, 3.8) is 0 Å². The van der Waals surface area contributed by atoms with E-state index in [9.17, 15) is 13.2 Å². The Balaban J connectivity index is 1.88. The van der Waals surface area contributed by atoms with Crippen molar-refractivity contribution in [2.75, 3.05) is 10.8 Å². The van der Waals surface area contributed by atoms with Crippen molar-refractivity contribution in [1.29, 1.82) is 0 Å². The van der Waals surface area contributed by atoms with Gasteiger partial charge in [0.2, 0.25) is 5.91 Å². The van der Waals surface area contributed by atoms with Gasteiger partial charge in [-0.2, -0.15) is 0 Å². The quantitative estimate of drug-likeness (QED) is 0.614. The Labute approximate surface area is 176 Å². The third kappa shape index (κ3) is 5.16. The zero-order chi connectivity index (χ0) is 20.9. The molecule has 3 aromatic carbocycles. The summed E-state index contributed by atoms with van der Waals surface area (Å²) < 4.78 is 27.6. The smallest absolute Gasteiger partial charge is 0.264 e. The van der Waals surface area contributed by atoms with Gasteiger partial charge in [-0.25, -0.2) is 8.42 Å². The molecule has 29 heavy (non-hydrogen) atoms. The number of hydrogen-bond acceptors (Lipinski definition) is 3. The van der Waals surface area contributed by atoms with Gasteiger partial charge >= 0.3 is 0 Å². The fourth-order valence-electron chi connectivity index (χ4n) is 2.77. The Morgan fingerprint density at radius 1 is 0.931 bits per heavy atom. The van der Waals surface area contributed by atoms with Gasteiger partial charge in [0.1, 0.15) is 6.54 Å². The highest BCUT2D eigenvalue weighted by Crippen LogP contribution is 2.30. The molecule has 0 unspecified atom stereocenters. The van der Waals surface area contributed by atoms with E-state index in [0.717, 1.165) is 15.4 Å². The van der Waals surface area contributed by atoms with Gasteiger partial charge in [0, 0.05) is 6.54 Å². The number of carbonyl (C=O) groups excluding carboxylic acids is 1. The van der Waals surface area contributed by atoms with Crippen molar-refractivity contribution < 1.29 is 13.2 Å². The standard InChI is InChI=1S/C22H21ClN2O3S/c1-17-11-13-19(14-12-17)29(27,28)25(21-10-6-5-9-20(21)23)16-22(26)24-15-18-7-3-2-4-8-18/h2-14H,15-16H2,1H3,(H,24,26). The highest BCUT2D eigenvalue weighted by molar-refractivity contribution is 7.92. The number of anilines is 1. The largest absolute Gasteiger partial charge is 0.350 e. The second-order valence-electron chi connectivity index (χ2n) is 6.54. The SMILES string of the molecule is Cc1ccc(S(=O)(=O)N(CC(=O)NCc2ccccc2)c2ccccc2Cl)cc1. The minimum absolute atomic E-state index is 0.0962. The molecule has 0 saturated carbocycles. The van der Waals surface area contributed by atoms with Gasteiger partial charge < -0.3 is 5.32 Å². The van der Waals surface area contributed by atoms with Crippen molar-refractivity contribution in [2.24, 2.45) is 0 Å². The lowest BCUT2D eigenvalue weighted by Gasteiger charge is -2.25. The first kappa shape index (κ1) is 20.9. The monoisotopic (exact) mass is 428 g/mol. The van der Waals surface area contributed by atoms with Crippen LogP contribution >= 0.6 is 11.6 Å². The molecule has 1 N–H and O–H groups in total. The van der Waals surface area contributed by atoms with E-state index in [1.165, 1.54) is 12.1 Å². The molecular formula is C22H21ClN2O3S. The van der Waals surface area contributed by atoms with Crippen LogP contribution in [0.25, 0.3) is 0 Å². The van der Waals surface area contributed by atoms with E-state index in [-0.39, 0.29) is 22.2 Å². The zero-order valence-electron chi connectivity index (χ0n) is 15.9. The molecule has 0 bridgehead atoms. The molecule has 3 rings (SSSR count). The van der Waals surface area contributed by atoms with Crippen LogP contribution in [0.5, 0.6) is 0 Å². The average molecular weight is 429 g/mol. The maximum Gasteiger partial charge on any atom is 0.264 e. The van der Waals surface area contributed by atoms with E-state index in [0.29, 0.717) is 6.54 Å². The molecule has 5 nitrogen and oxygen atoms in total. The first-order chi connectivity index (χ1) is 13.9. The van der Waals surface area contributed by atoms with Crippen LogP contribution in [0.2, 0.25) is 5.02 Å². The summed E-state index contributed by atoms with van der Waals surface area (Å²) in [6, 6.07) is 22.4. The van der Waals surface area contributed by atoms with Crippen molar-refractivity contribution in [2.45, 2.75) is 18.4 Å². The number of para-hydroxylation sites is 1. The van der Waals surface area contributed by atoms with Crippen LogP contribution in [0.15, 0.2) is 83.8 Å². The molecule has 1 amide bonds. The van der Waals surface area contributed by atoms with Gasteiger partial charge in [0.05, 0.1) is 15.6 Å². The number of aryl methyl sites for hydroxylation is 1. The van der Waals surface area contributed by atoms with Crippen molar-refractivity contribution in [3.05, 3.63) is 95.0 Å². The average Bonchev–Trinajstić information content (AvgIpc) is 2.72. The number of rotatable bonds is 7. The summed E-state index contributed by atoms with van der Waals surface area (Å²) >= 11 is 6.26. The maximum absolute atomic E-state index is 13.3. The second-order valence-corrected chi connectivity index (χ2v) is 8.81. The summed E-state index contributed by atoms with van der Waals surface area (Å²) in [5.74, 6) is -0.426. The molecule has 7 heteroatoms. The molecular weight excluding hydrogens is 408 g/mol. The fraction of sp³-hybridized carbons (Fsp3) is 0.136. The van der Waals surface area contributed by atoms with Gasteiger partial charge in [0.25, 0.3) is 10.0 Å². The van der Waals surface area contributed by atoms with Crippen LogP contribution in [-0.2, 0) is 21.4 Å². The van der Waals surface area contributed by atoms with E-state index in [1.54, 1.807) is 36.4 Å². The fourth-order valence-corrected chi connectivity index (χ4v) is 4.50. The van der Waals surface area contributed by atoms with Gasteiger partial charge in [0.15, 0.2) is 0 Å². The number of sulfonamides is 1. The summed E-state index contributed by atoms with van der Waals surface area (Å²) in [6.07, 6.45) is 0. The highest BCUT2D eigenvalue weighted by Gasteiger charge is 2.28. The predicted octanol–water partition coefficient (Wildman–Crippen LogP) is 4.16. The lowest BCUT2D eigenvalue weighted by Crippen LogP contribution is -2.40. The molecule has 0 heterocycles. The summed E-state index contributed by atoms with van der Waals surface area (Å²) in [5, 5.41) is 3.01. The minimum Gasteiger partial charge on any atom is -0.350 e. The molecule has 0 aromatic heterocycles. The number of amides is 1. The summed E-state index contributed by atoms with van der Waals surface area (Å²) in [7, 11) is -3.98. The van der Waals surface area contributed by atoms with Gasteiger partial charge in [-0.15, -0.1) is 0 Å². The van der Waals surface area contributed by atoms with Crippen LogP contribution in [0.1, 0.15) is 11.1 Å². The summed E-state index contributed by atoms with van der Waals surface area (Å²) in [4.78, 5) is 12.7. The summed E-state index contributed by atoms with van der Waals surface area (Å²) in [5.41, 5.74) is 2.12. The Hall–Kier alpha value is -2.83. The number of nitrogens with zero attached hydrogens (tertiary/aromatic N) is 1. The number of carbonyl (C=O) groups is 1. The number of nitrogens with one attached hydrogen (secondary N) is 1. The number of hydrogen-bond donors (Lipinski definition) is 1.